The van der Waals surface area contributed by atoms with Crippen molar-refractivity contribution in [2.24, 2.45) is 29.6 Å². The Balaban J connectivity index is 1.79. The number of ketones is 3. The van der Waals surface area contributed by atoms with Crippen molar-refractivity contribution in [3.05, 3.63) is 23.3 Å². The van der Waals surface area contributed by atoms with Crippen LogP contribution >= 0.6 is 0 Å². The van der Waals surface area contributed by atoms with Crippen LogP contribution in [0.5, 0.6) is 0 Å². The van der Waals surface area contributed by atoms with E-state index >= 15 is 0 Å². The Bertz CT molecular complexity index is 1530. The predicted molar refractivity (Wildman–Crippen MR) is 213 cm³/mol. The van der Waals surface area contributed by atoms with Gasteiger partial charge in [-0.1, -0.05) is 38.5 Å². The van der Waals surface area contributed by atoms with E-state index < -0.39 is 83.9 Å². The maximum absolute atomic E-state index is 14.3. The number of hydrogen-bond donors (Lipinski definition) is 3. The first-order valence-corrected chi connectivity index (χ1v) is 21.1. The van der Waals surface area contributed by atoms with Crippen molar-refractivity contribution in [3.63, 3.8) is 0 Å². The second-order valence-electron chi connectivity index (χ2n) is 17.7. The lowest BCUT2D eigenvalue weighted by atomic mass is 9.81. The molecule has 3 heterocycles. The fourth-order valence-electron chi connectivity index (χ4n) is 9.53. The normalized spacial score (nSPS) is 39.6. The lowest BCUT2D eigenvalue weighted by Crippen LogP contribution is -2.64. The van der Waals surface area contributed by atoms with Gasteiger partial charge in [0, 0.05) is 58.5 Å². The zero-order valence-corrected chi connectivity index (χ0v) is 36.0. The number of carbonyl (C=O) groups excluding carboxylic acids is 5. The molecule has 0 aromatic rings. The first kappa shape index (κ1) is 47.8. The molecule has 3 fully saturated rings. The zero-order valence-electron chi connectivity index (χ0n) is 36.0. The van der Waals surface area contributed by atoms with Gasteiger partial charge in [-0.3, -0.25) is 19.2 Å². The molecule has 3 N–H and O–H groups in total. The van der Waals surface area contributed by atoms with E-state index in [9.17, 15) is 39.3 Å². The van der Waals surface area contributed by atoms with Gasteiger partial charge in [0.05, 0.1) is 30.5 Å². The number of hydrogen-bond acceptors (Lipinski definition) is 13. The second-order valence-corrected chi connectivity index (χ2v) is 17.7. The molecule has 0 spiro atoms. The number of esters is 1. The molecule has 0 aromatic carbocycles. The molecule has 58 heavy (non-hydrogen) atoms. The van der Waals surface area contributed by atoms with Crippen LogP contribution in [0.2, 0.25) is 0 Å². The molecule has 2 saturated heterocycles. The van der Waals surface area contributed by atoms with Crippen LogP contribution in [0.1, 0.15) is 112 Å². The highest BCUT2D eigenvalue weighted by molar-refractivity contribution is 6.39. The van der Waals surface area contributed by atoms with E-state index in [1.165, 1.54) is 21.1 Å². The minimum absolute atomic E-state index is 0.0403. The van der Waals surface area contributed by atoms with Gasteiger partial charge in [0.1, 0.15) is 29.8 Å². The van der Waals surface area contributed by atoms with Crippen LogP contribution < -0.4 is 0 Å². The van der Waals surface area contributed by atoms with E-state index in [1.54, 1.807) is 34.0 Å². The molecule has 0 unspecified atom stereocenters. The van der Waals surface area contributed by atoms with E-state index in [-0.39, 0.29) is 61.7 Å². The van der Waals surface area contributed by atoms with Crippen LogP contribution in [0, 0.1) is 29.6 Å². The molecule has 1 saturated carbocycles. The molecule has 0 radical (unpaired) electrons. The summed E-state index contributed by atoms with van der Waals surface area (Å²) in [5.41, 5.74) is 1.46. The molecular formula is C44H69NO13. The quantitative estimate of drug-likeness (QED) is 0.189. The van der Waals surface area contributed by atoms with Gasteiger partial charge in [0.15, 0.2) is 0 Å². The minimum Gasteiger partial charge on any atom is -0.456 e. The molecule has 3 aliphatic heterocycles. The largest absolute Gasteiger partial charge is 0.456 e. The number of aliphatic hydroxyl groups excluding tert-OH is 2. The Morgan fingerprint density at radius 3 is 2.19 bits per heavy atom. The molecule has 1 aliphatic carbocycles. The standard InChI is InChI=1S/C44H69NO13/c1-24-16-25(2)18-37(55-8)40-38(56-9)20-27(4)44(53,58-40)41(50)42(51)45-15-11-10-12-32(45)43(52)57-39(26(3)19-30-13-14-33(47)36(22-30)54-7)29(6)34(48)23-35(49)31(17-24)21-28(5)46/h17,19,25,27,29-34,36-40,47-48,53H,10-16,18,20-23H2,1-9H3/t25-,27+,29+,30-,31-,32-,33+,34-,36+,37-,38-,39+,40+,44+/m0/s1. The number of amides is 1. The van der Waals surface area contributed by atoms with Crippen molar-refractivity contribution in [1.29, 1.82) is 0 Å². The number of nitrogens with zero attached hydrogens (tertiary/aromatic N) is 1. The maximum Gasteiger partial charge on any atom is 0.329 e. The average molecular weight is 820 g/mol. The summed E-state index contributed by atoms with van der Waals surface area (Å²) < 4.78 is 29.7. The van der Waals surface area contributed by atoms with E-state index in [1.807, 2.05) is 19.9 Å². The summed E-state index contributed by atoms with van der Waals surface area (Å²) in [7, 11) is 4.55. The van der Waals surface area contributed by atoms with Crippen molar-refractivity contribution in [3.8, 4) is 0 Å². The summed E-state index contributed by atoms with van der Waals surface area (Å²) in [6.07, 6.45) is 1.97. The van der Waals surface area contributed by atoms with Gasteiger partial charge in [0.2, 0.25) is 5.79 Å². The highest BCUT2D eigenvalue weighted by atomic mass is 16.7. The summed E-state index contributed by atoms with van der Waals surface area (Å²) in [6.45, 7) is 10.4. The van der Waals surface area contributed by atoms with E-state index in [0.29, 0.717) is 50.5 Å². The number of carbonyl (C=O) groups is 5. The van der Waals surface area contributed by atoms with Crippen molar-refractivity contribution < 1.29 is 63.0 Å². The lowest BCUT2D eigenvalue weighted by molar-refractivity contribution is -0.302. The van der Waals surface area contributed by atoms with Crippen LogP contribution in [-0.4, -0.2) is 132 Å². The number of piperidine rings is 1. The van der Waals surface area contributed by atoms with Gasteiger partial charge < -0.3 is 43.9 Å². The number of Topliss-reactive ketones (excluding diaryl/α,β-unsaturated/α-hetero) is 3. The summed E-state index contributed by atoms with van der Waals surface area (Å²) in [5.74, 6) is -8.63. The van der Waals surface area contributed by atoms with Crippen LogP contribution in [0.15, 0.2) is 23.3 Å². The Kier molecular flexibility index (Phi) is 17.4. The first-order chi connectivity index (χ1) is 27.3. The fourth-order valence-corrected chi connectivity index (χ4v) is 9.53. The molecule has 14 atom stereocenters. The summed E-state index contributed by atoms with van der Waals surface area (Å²) in [6, 6.07) is -1.17. The van der Waals surface area contributed by atoms with Gasteiger partial charge in [-0.05, 0) is 96.0 Å². The van der Waals surface area contributed by atoms with Crippen molar-refractivity contribution in [2.45, 2.75) is 167 Å². The van der Waals surface area contributed by atoms with Crippen molar-refractivity contribution in [2.75, 3.05) is 27.9 Å². The Morgan fingerprint density at radius 1 is 0.897 bits per heavy atom. The van der Waals surface area contributed by atoms with Crippen LogP contribution in [0.4, 0.5) is 0 Å². The van der Waals surface area contributed by atoms with E-state index in [0.717, 1.165) is 10.5 Å². The number of rotatable bonds is 7. The van der Waals surface area contributed by atoms with Gasteiger partial charge >= 0.3 is 5.97 Å². The average Bonchev–Trinajstić information content (AvgIpc) is 3.18. The number of allylic oxidation sites excluding steroid dienone is 3. The molecule has 2 bridgehead atoms. The fraction of sp³-hybridized carbons (Fsp3) is 0.795. The van der Waals surface area contributed by atoms with Crippen molar-refractivity contribution in [1.82, 2.24) is 4.90 Å². The van der Waals surface area contributed by atoms with Gasteiger partial charge in [-0.25, -0.2) is 4.79 Å². The molecule has 328 valence electrons. The second kappa shape index (κ2) is 21.1. The SMILES string of the molecule is CO[C@H]1C[C@@H](C)CC(C)=C[C@@H](CC(C)=O)C(=O)C[C@H](O)[C@@H](C)[C@@H](C(C)=C[C@@H]2CC[C@@H](O)[C@H](OC)C2)OC(=O)[C@@H]2CCCCN2C(=O)C(=O)[C@]2(O)O[C@H]1[C@@H](OC)C[C@H]2C. The van der Waals surface area contributed by atoms with Gasteiger partial charge in [-0.2, -0.15) is 0 Å². The monoisotopic (exact) mass is 819 g/mol. The minimum atomic E-state index is -2.54. The Labute approximate surface area is 344 Å². The summed E-state index contributed by atoms with van der Waals surface area (Å²) >= 11 is 0. The Hall–Kier alpha value is -2.85. The molecule has 4 rings (SSSR count). The Morgan fingerprint density at radius 2 is 1.55 bits per heavy atom. The number of aliphatic hydroxyl groups is 3. The molecule has 14 heteroatoms. The number of ether oxygens (including phenoxy) is 5. The van der Waals surface area contributed by atoms with Gasteiger partial charge in [-0.15, -0.1) is 0 Å². The van der Waals surface area contributed by atoms with Crippen LogP contribution in [-0.2, 0) is 47.7 Å². The highest BCUT2D eigenvalue weighted by Gasteiger charge is 2.56. The first-order valence-electron chi connectivity index (χ1n) is 21.1. The van der Waals surface area contributed by atoms with Crippen LogP contribution in [0.25, 0.3) is 0 Å². The predicted octanol–water partition coefficient (Wildman–Crippen LogP) is 4.04. The highest BCUT2D eigenvalue weighted by Crippen LogP contribution is 2.39. The maximum atomic E-state index is 14.3. The smallest absolute Gasteiger partial charge is 0.329 e. The number of fused-ring (bicyclic) bond motifs is 3. The third-order valence-corrected chi connectivity index (χ3v) is 13.0. The third-order valence-electron chi connectivity index (χ3n) is 13.0. The topological polar surface area (TPSA) is 195 Å². The van der Waals surface area contributed by atoms with E-state index in [4.69, 9.17) is 23.7 Å². The molecule has 0 aromatic heterocycles. The summed E-state index contributed by atoms with van der Waals surface area (Å²) in [4.78, 5) is 70.3. The molecular weight excluding hydrogens is 750 g/mol. The third kappa shape index (κ3) is 11.5. The van der Waals surface area contributed by atoms with E-state index in [2.05, 4.69) is 0 Å². The van der Waals surface area contributed by atoms with Crippen molar-refractivity contribution >= 4 is 29.2 Å². The summed E-state index contributed by atoms with van der Waals surface area (Å²) in [5, 5.41) is 34.2. The van der Waals surface area contributed by atoms with Gasteiger partial charge in [0.25, 0.3) is 11.7 Å². The number of cyclic esters (lactones) is 1. The molecule has 1 amide bonds. The number of methoxy groups -OCH3 is 3. The zero-order chi connectivity index (χ0) is 43.1. The molecule has 4 aliphatic rings. The van der Waals surface area contributed by atoms with Crippen LogP contribution in [0.3, 0.4) is 0 Å². The lowest BCUT2D eigenvalue weighted by Gasteiger charge is -2.47. The molecule has 14 nitrogen and oxygen atoms in total.